The summed E-state index contributed by atoms with van der Waals surface area (Å²) in [6.07, 6.45) is -0.932. The SMILES string of the molecule is O[C@@H]1COC(Sc2ccccc2)C[C@@H]1O. The molecule has 0 aliphatic carbocycles. The molecule has 1 heterocycles. The zero-order chi connectivity index (χ0) is 10.7. The van der Waals surface area contributed by atoms with Crippen LogP contribution in [0.2, 0.25) is 0 Å². The Labute approximate surface area is 93.1 Å². The third kappa shape index (κ3) is 2.95. The Balaban J connectivity index is 1.91. The summed E-state index contributed by atoms with van der Waals surface area (Å²) in [5.41, 5.74) is -0.0641. The van der Waals surface area contributed by atoms with Gasteiger partial charge in [-0.3, -0.25) is 0 Å². The molecular formula is C11H14O3S. The average Bonchev–Trinajstić information content (AvgIpc) is 2.25. The van der Waals surface area contributed by atoms with Crippen LogP contribution in [0.4, 0.5) is 0 Å². The van der Waals surface area contributed by atoms with Gasteiger partial charge in [0.1, 0.15) is 11.5 Å². The summed E-state index contributed by atoms with van der Waals surface area (Å²) in [6.45, 7) is 0.214. The van der Waals surface area contributed by atoms with Crippen LogP contribution in [0, 0.1) is 0 Å². The monoisotopic (exact) mass is 226 g/mol. The Morgan fingerprint density at radius 2 is 1.87 bits per heavy atom. The molecule has 1 aliphatic heterocycles. The lowest BCUT2D eigenvalue weighted by atomic mass is 10.1. The molecular weight excluding hydrogens is 212 g/mol. The second-order valence-corrected chi connectivity index (χ2v) is 4.80. The van der Waals surface area contributed by atoms with Gasteiger partial charge in [0.25, 0.3) is 0 Å². The first-order chi connectivity index (χ1) is 7.25. The van der Waals surface area contributed by atoms with E-state index in [1.165, 1.54) is 0 Å². The van der Waals surface area contributed by atoms with Gasteiger partial charge in [-0.25, -0.2) is 0 Å². The summed E-state index contributed by atoms with van der Waals surface area (Å²) < 4.78 is 5.42. The highest BCUT2D eigenvalue weighted by atomic mass is 32.2. The lowest BCUT2D eigenvalue weighted by Crippen LogP contribution is -2.39. The minimum atomic E-state index is -0.738. The van der Waals surface area contributed by atoms with Crippen molar-refractivity contribution in [2.75, 3.05) is 6.61 Å². The van der Waals surface area contributed by atoms with Crippen LogP contribution in [-0.2, 0) is 4.74 Å². The molecule has 0 radical (unpaired) electrons. The van der Waals surface area contributed by atoms with E-state index in [-0.39, 0.29) is 12.0 Å². The molecule has 82 valence electrons. The number of aliphatic hydroxyl groups excluding tert-OH is 2. The Bertz CT molecular complexity index is 304. The molecule has 15 heavy (non-hydrogen) atoms. The summed E-state index contributed by atoms with van der Waals surface area (Å²) in [4.78, 5) is 1.12. The molecule has 0 saturated carbocycles. The molecule has 2 rings (SSSR count). The third-order valence-corrected chi connectivity index (χ3v) is 3.48. The van der Waals surface area contributed by atoms with Crippen molar-refractivity contribution in [3.8, 4) is 0 Å². The summed E-state index contributed by atoms with van der Waals surface area (Å²) in [7, 11) is 0. The molecule has 0 bridgehead atoms. The van der Waals surface area contributed by atoms with E-state index in [4.69, 9.17) is 4.74 Å². The molecule has 3 atom stereocenters. The van der Waals surface area contributed by atoms with Crippen molar-refractivity contribution in [3.05, 3.63) is 30.3 Å². The Hall–Kier alpha value is -0.550. The third-order valence-electron chi connectivity index (χ3n) is 2.34. The van der Waals surface area contributed by atoms with Crippen molar-refractivity contribution in [2.24, 2.45) is 0 Å². The van der Waals surface area contributed by atoms with E-state index in [0.717, 1.165) is 4.90 Å². The molecule has 0 amide bonds. The van der Waals surface area contributed by atoms with Crippen LogP contribution < -0.4 is 0 Å². The van der Waals surface area contributed by atoms with Gasteiger partial charge in [-0.05, 0) is 12.1 Å². The lowest BCUT2D eigenvalue weighted by Gasteiger charge is -2.29. The highest BCUT2D eigenvalue weighted by Crippen LogP contribution is 2.30. The number of benzene rings is 1. The number of ether oxygens (including phenoxy) is 1. The maximum absolute atomic E-state index is 9.48. The fourth-order valence-corrected chi connectivity index (χ4v) is 2.53. The fraction of sp³-hybridized carbons (Fsp3) is 0.455. The van der Waals surface area contributed by atoms with E-state index >= 15 is 0 Å². The quantitative estimate of drug-likeness (QED) is 0.796. The van der Waals surface area contributed by atoms with Crippen LogP contribution in [0.3, 0.4) is 0 Å². The molecule has 0 spiro atoms. The van der Waals surface area contributed by atoms with Crippen LogP contribution >= 0.6 is 11.8 Å². The minimum Gasteiger partial charge on any atom is -0.390 e. The first-order valence-corrected chi connectivity index (χ1v) is 5.83. The number of rotatable bonds is 2. The first kappa shape index (κ1) is 11.0. The van der Waals surface area contributed by atoms with Crippen LogP contribution in [0.25, 0.3) is 0 Å². The average molecular weight is 226 g/mol. The zero-order valence-corrected chi connectivity index (χ0v) is 9.06. The van der Waals surface area contributed by atoms with Gasteiger partial charge in [0, 0.05) is 11.3 Å². The first-order valence-electron chi connectivity index (χ1n) is 4.95. The Morgan fingerprint density at radius 3 is 2.53 bits per heavy atom. The molecule has 1 saturated heterocycles. The van der Waals surface area contributed by atoms with Gasteiger partial charge in [0.15, 0.2) is 0 Å². The van der Waals surface area contributed by atoms with E-state index in [1.807, 2.05) is 30.3 Å². The lowest BCUT2D eigenvalue weighted by molar-refractivity contribution is -0.0954. The Morgan fingerprint density at radius 1 is 1.13 bits per heavy atom. The van der Waals surface area contributed by atoms with Gasteiger partial charge in [-0.1, -0.05) is 30.0 Å². The van der Waals surface area contributed by atoms with Crippen molar-refractivity contribution >= 4 is 11.8 Å². The predicted octanol–water partition coefficient (Wildman–Crippen LogP) is 1.25. The number of thioether (sulfide) groups is 1. The van der Waals surface area contributed by atoms with Crippen molar-refractivity contribution in [1.29, 1.82) is 0 Å². The summed E-state index contributed by atoms with van der Waals surface area (Å²) in [6, 6.07) is 9.91. The van der Waals surface area contributed by atoms with Gasteiger partial charge < -0.3 is 14.9 Å². The van der Waals surface area contributed by atoms with Crippen molar-refractivity contribution in [1.82, 2.24) is 0 Å². The van der Waals surface area contributed by atoms with Gasteiger partial charge >= 0.3 is 0 Å². The maximum atomic E-state index is 9.48. The normalized spacial score (nSPS) is 31.5. The van der Waals surface area contributed by atoms with E-state index in [9.17, 15) is 10.2 Å². The molecule has 1 aromatic rings. The van der Waals surface area contributed by atoms with Gasteiger partial charge in [-0.2, -0.15) is 0 Å². The molecule has 3 nitrogen and oxygen atoms in total. The molecule has 4 heteroatoms. The topological polar surface area (TPSA) is 49.7 Å². The van der Waals surface area contributed by atoms with Crippen molar-refractivity contribution in [2.45, 2.75) is 29.0 Å². The number of hydrogen-bond donors (Lipinski definition) is 2. The largest absolute Gasteiger partial charge is 0.390 e. The van der Waals surface area contributed by atoms with Crippen molar-refractivity contribution < 1.29 is 14.9 Å². The smallest absolute Gasteiger partial charge is 0.110 e. The van der Waals surface area contributed by atoms with Crippen LogP contribution in [0.15, 0.2) is 35.2 Å². The second kappa shape index (κ2) is 4.99. The van der Waals surface area contributed by atoms with Crippen LogP contribution in [-0.4, -0.2) is 34.5 Å². The van der Waals surface area contributed by atoms with E-state index < -0.39 is 12.2 Å². The highest BCUT2D eigenvalue weighted by Gasteiger charge is 2.28. The van der Waals surface area contributed by atoms with E-state index in [0.29, 0.717) is 6.42 Å². The Kier molecular flexibility index (Phi) is 3.64. The minimum absolute atomic E-state index is 0.0641. The predicted molar refractivity (Wildman–Crippen MR) is 58.7 cm³/mol. The molecule has 1 aliphatic rings. The van der Waals surface area contributed by atoms with E-state index in [1.54, 1.807) is 11.8 Å². The second-order valence-electron chi connectivity index (χ2n) is 3.56. The summed E-state index contributed by atoms with van der Waals surface area (Å²) in [5, 5.41) is 18.8. The maximum Gasteiger partial charge on any atom is 0.110 e. The van der Waals surface area contributed by atoms with Crippen LogP contribution in [0.1, 0.15) is 6.42 Å². The molecule has 0 aromatic heterocycles. The van der Waals surface area contributed by atoms with Gasteiger partial charge in [-0.15, -0.1) is 0 Å². The van der Waals surface area contributed by atoms with Crippen LogP contribution in [0.5, 0.6) is 0 Å². The standard InChI is InChI=1S/C11H14O3S/c12-9-6-11(14-7-10(9)13)15-8-4-2-1-3-5-8/h1-5,9-13H,6-7H2/t9-,10+,11?/m0/s1. The van der Waals surface area contributed by atoms with E-state index in [2.05, 4.69) is 0 Å². The molecule has 1 fully saturated rings. The number of hydrogen-bond acceptors (Lipinski definition) is 4. The summed E-state index contributed by atoms with van der Waals surface area (Å²) in [5.74, 6) is 0. The zero-order valence-electron chi connectivity index (χ0n) is 8.24. The van der Waals surface area contributed by atoms with Gasteiger partial charge in [0.2, 0.25) is 0 Å². The number of aliphatic hydroxyl groups is 2. The highest BCUT2D eigenvalue weighted by molar-refractivity contribution is 7.99. The molecule has 2 N–H and O–H groups in total. The molecule has 1 unspecified atom stereocenters. The van der Waals surface area contributed by atoms with Gasteiger partial charge in [0.05, 0.1) is 12.7 Å². The summed E-state index contributed by atoms with van der Waals surface area (Å²) >= 11 is 1.58. The molecule has 1 aromatic carbocycles. The van der Waals surface area contributed by atoms with Crippen molar-refractivity contribution in [3.63, 3.8) is 0 Å². The fourth-order valence-electron chi connectivity index (χ4n) is 1.47.